The summed E-state index contributed by atoms with van der Waals surface area (Å²) in [6.45, 7) is 7.57. The molecule has 0 bridgehead atoms. The third kappa shape index (κ3) is 27.4. The molecule has 0 aromatic rings. The number of unbranched alkanes of at least 4 members (excludes halogenated alkanes) is 9. The van der Waals surface area contributed by atoms with Gasteiger partial charge in [0.05, 0.1) is 19.8 Å². The zero-order valence-electron chi connectivity index (χ0n) is 23.5. The molecule has 212 valence electrons. The van der Waals surface area contributed by atoms with E-state index in [1.54, 1.807) is 0 Å². The molecule has 0 fully saturated rings. The van der Waals surface area contributed by atoms with Crippen molar-refractivity contribution in [1.29, 1.82) is 0 Å². The van der Waals surface area contributed by atoms with Crippen LogP contribution in [0.4, 0.5) is 0 Å². The van der Waals surface area contributed by atoms with Crippen LogP contribution in [0.2, 0.25) is 0 Å². The van der Waals surface area contributed by atoms with E-state index in [0.29, 0.717) is 32.8 Å². The monoisotopic (exact) mass is 511 g/mol. The number of allylic oxidation sites excluding steroid dienone is 4. The van der Waals surface area contributed by atoms with E-state index in [-0.39, 0.29) is 19.1 Å². The first kappa shape index (κ1) is 34.8. The van der Waals surface area contributed by atoms with Gasteiger partial charge in [0.15, 0.2) is 0 Å². The van der Waals surface area contributed by atoms with Crippen LogP contribution in [0, 0.1) is 0 Å². The van der Waals surface area contributed by atoms with Gasteiger partial charge in [0, 0.05) is 32.8 Å². The summed E-state index contributed by atoms with van der Waals surface area (Å²) in [5.41, 5.74) is 3.01. The number of aliphatic hydroxyl groups excluding tert-OH is 2. The number of hydrogen-bond donors (Lipinski definition) is 3. The molecule has 3 N–H and O–H groups in total. The predicted octanol–water partition coefficient (Wildman–Crippen LogP) is 6.25. The van der Waals surface area contributed by atoms with E-state index in [4.69, 9.17) is 19.7 Å². The largest absolute Gasteiger partial charge is 0.396 e. The highest BCUT2D eigenvalue weighted by Gasteiger charge is 2.01. The Kier molecular flexibility index (Phi) is 27.4. The van der Waals surface area contributed by atoms with Crippen molar-refractivity contribution in [2.45, 2.75) is 117 Å². The van der Waals surface area contributed by atoms with Crippen molar-refractivity contribution >= 4 is 5.91 Å². The van der Waals surface area contributed by atoms with Crippen LogP contribution >= 0.6 is 0 Å². The van der Waals surface area contributed by atoms with E-state index in [9.17, 15) is 4.79 Å². The minimum Gasteiger partial charge on any atom is -0.396 e. The molecule has 0 unspecified atom stereocenters. The van der Waals surface area contributed by atoms with Gasteiger partial charge < -0.3 is 25.0 Å². The van der Waals surface area contributed by atoms with Gasteiger partial charge >= 0.3 is 0 Å². The smallest absolute Gasteiger partial charge is 0.220 e. The van der Waals surface area contributed by atoms with Gasteiger partial charge in [0.2, 0.25) is 5.91 Å². The first-order chi connectivity index (χ1) is 17.6. The minimum absolute atomic E-state index is 0.0202. The van der Waals surface area contributed by atoms with Crippen molar-refractivity contribution < 1.29 is 24.5 Å². The lowest BCUT2D eigenvalue weighted by Crippen LogP contribution is -2.27. The number of amides is 1. The molecule has 0 aromatic carbocycles. The Morgan fingerprint density at radius 3 is 1.69 bits per heavy atom. The van der Waals surface area contributed by atoms with Gasteiger partial charge in [0.25, 0.3) is 0 Å². The Balaban J connectivity index is 3.53. The zero-order chi connectivity index (χ0) is 26.5. The van der Waals surface area contributed by atoms with Crippen molar-refractivity contribution in [2.75, 3.05) is 46.2 Å². The molecule has 1 amide bonds. The molecule has 6 heteroatoms. The molecule has 0 saturated heterocycles. The summed E-state index contributed by atoms with van der Waals surface area (Å²) in [7, 11) is 0. The quantitative estimate of drug-likeness (QED) is 0.0895. The molecule has 6 nitrogen and oxygen atoms in total. The lowest BCUT2D eigenvalue weighted by atomic mass is 10.0. The third-order valence-corrected chi connectivity index (χ3v) is 6.24. The average molecular weight is 512 g/mol. The molecule has 0 radical (unpaired) electrons. The maximum absolute atomic E-state index is 11.7. The van der Waals surface area contributed by atoms with Crippen LogP contribution < -0.4 is 5.32 Å². The molecular weight excluding hydrogens is 454 g/mol. The first-order valence-corrected chi connectivity index (χ1v) is 14.5. The highest BCUT2D eigenvalue weighted by atomic mass is 16.5. The Hall–Kier alpha value is -1.21. The highest BCUT2D eigenvalue weighted by molar-refractivity contribution is 5.75. The summed E-state index contributed by atoms with van der Waals surface area (Å²) in [5.74, 6) is 0.0923. The van der Waals surface area contributed by atoms with Crippen molar-refractivity contribution in [1.82, 2.24) is 5.32 Å². The third-order valence-electron chi connectivity index (χ3n) is 6.24. The van der Waals surface area contributed by atoms with Crippen LogP contribution in [0.25, 0.3) is 0 Å². The van der Waals surface area contributed by atoms with E-state index in [2.05, 4.69) is 31.3 Å². The second-order valence-corrected chi connectivity index (χ2v) is 9.84. The van der Waals surface area contributed by atoms with Gasteiger partial charge in [-0.05, 0) is 71.6 Å². The van der Waals surface area contributed by atoms with Crippen LogP contribution in [-0.2, 0) is 14.3 Å². The molecule has 0 aromatic heterocycles. The van der Waals surface area contributed by atoms with Crippen molar-refractivity contribution in [3.63, 3.8) is 0 Å². The van der Waals surface area contributed by atoms with E-state index in [1.807, 2.05) is 0 Å². The Labute approximate surface area is 221 Å². The van der Waals surface area contributed by atoms with Crippen LogP contribution in [0.3, 0.4) is 0 Å². The number of nitrogens with one attached hydrogen (secondary N) is 1. The fraction of sp³-hybridized carbons (Fsp3) is 0.833. The van der Waals surface area contributed by atoms with E-state index in [1.165, 1.54) is 62.5 Å². The fourth-order valence-corrected chi connectivity index (χ4v) is 4.01. The van der Waals surface area contributed by atoms with Gasteiger partial charge in [0.1, 0.15) is 0 Å². The standard InChI is InChI=1S/C30H57NO5/c1-28(16-9-5-3-4-8-14-24-35-25-15-22-32)18-12-13-19-29(2)17-10-6-7-11-20-30(34)31-21-26-36-27-23-33/h18-19,32-33H,3-17,20-27H2,1-2H3,(H,31,34)/b28-18+,29-19+. The molecule has 0 aliphatic rings. The summed E-state index contributed by atoms with van der Waals surface area (Å²) in [4.78, 5) is 11.7. The maximum atomic E-state index is 11.7. The van der Waals surface area contributed by atoms with Gasteiger partial charge in [-0.3, -0.25) is 4.79 Å². The van der Waals surface area contributed by atoms with Gasteiger partial charge in [-0.25, -0.2) is 0 Å². The number of aliphatic hydroxyl groups is 2. The Morgan fingerprint density at radius 1 is 0.611 bits per heavy atom. The molecular formula is C30H57NO5. The molecule has 36 heavy (non-hydrogen) atoms. The van der Waals surface area contributed by atoms with Crippen LogP contribution in [-0.4, -0.2) is 62.3 Å². The summed E-state index contributed by atoms with van der Waals surface area (Å²) in [6, 6.07) is 0. The number of hydrogen-bond acceptors (Lipinski definition) is 5. The van der Waals surface area contributed by atoms with Crippen molar-refractivity contribution in [2.24, 2.45) is 0 Å². The van der Waals surface area contributed by atoms with E-state index < -0.39 is 0 Å². The van der Waals surface area contributed by atoms with Gasteiger partial charge in [-0.2, -0.15) is 0 Å². The molecule has 0 atom stereocenters. The van der Waals surface area contributed by atoms with Crippen molar-refractivity contribution in [3.05, 3.63) is 23.3 Å². The predicted molar refractivity (Wildman–Crippen MR) is 150 cm³/mol. The molecule has 0 rings (SSSR count). The number of rotatable bonds is 27. The van der Waals surface area contributed by atoms with Crippen LogP contribution in [0.1, 0.15) is 117 Å². The van der Waals surface area contributed by atoms with Crippen LogP contribution in [0.15, 0.2) is 23.3 Å². The number of carbonyl (C=O) groups is 1. The van der Waals surface area contributed by atoms with Gasteiger partial charge in [-0.1, -0.05) is 61.8 Å². The molecule has 0 saturated carbocycles. The molecule has 0 spiro atoms. The summed E-state index contributed by atoms with van der Waals surface area (Å²) >= 11 is 0. The van der Waals surface area contributed by atoms with E-state index >= 15 is 0 Å². The fourth-order valence-electron chi connectivity index (χ4n) is 4.01. The number of ether oxygens (including phenoxy) is 2. The lowest BCUT2D eigenvalue weighted by molar-refractivity contribution is -0.121. The minimum atomic E-state index is 0.0202. The Morgan fingerprint density at radius 2 is 1.11 bits per heavy atom. The number of carbonyl (C=O) groups excluding carboxylic acids is 1. The first-order valence-electron chi connectivity index (χ1n) is 14.5. The second kappa shape index (κ2) is 28.4. The normalized spacial score (nSPS) is 12.3. The molecule has 0 heterocycles. The summed E-state index contributed by atoms with van der Waals surface area (Å²) in [5, 5.41) is 20.2. The SMILES string of the molecule is C/C(=C\CC/C=C(\C)CCCCCCC(=O)NCCOCCO)CCCCCCCCOCCCO. The van der Waals surface area contributed by atoms with Crippen molar-refractivity contribution in [3.8, 4) is 0 Å². The zero-order valence-corrected chi connectivity index (χ0v) is 23.5. The molecule has 0 aliphatic heterocycles. The van der Waals surface area contributed by atoms with Gasteiger partial charge in [-0.15, -0.1) is 0 Å². The summed E-state index contributed by atoms with van der Waals surface area (Å²) in [6.07, 6.45) is 22.8. The lowest BCUT2D eigenvalue weighted by Gasteiger charge is -2.06. The second-order valence-electron chi connectivity index (χ2n) is 9.84. The highest BCUT2D eigenvalue weighted by Crippen LogP contribution is 2.14. The molecule has 0 aliphatic carbocycles. The Bertz CT molecular complexity index is 547. The average Bonchev–Trinajstić information content (AvgIpc) is 2.87. The topological polar surface area (TPSA) is 88.0 Å². The van der Waals surface area contributed by atoms with Crippen LogP contribution in [0.5, 0.6) is 0 Å². The maximum Gasteiger partial charge on any atom is 0.220 e. The van der Waals surface area contributed by atoms with E-state index in [0.717, 1.165) is 51.6 Å². The summed E-state index contributed by atoms with van der Waals surface area (Å²) < 4.78 is 10.6.